The molecular weight excluding hydrogens is 321 g/mol. The lowest BCUT2D eigenvalue weighted by Gasteiger charge is -2.07. The van der Waals surface area contributed by atoms with Crippen molar-refractivity contribution in [3.63, 3.8) is 0 Å². The molecular formula is C16H16FNO4S. The van der Waals surface area contributed by atoms with Crippen LogP contribution in [0.25, 0.3) is 0 Å². The van der Waals surface area contributed by atoms with E-state index in [-0.39, 0.29) is 17.3 Å². The quantitative estimate of drug-likeness (QED) is 0.874. The molecule has 2 rings (SSSR count). The van der Waals surface area contributed by atoms with E-state index in [2.05, 4.69) is 5.32 Å². The molecule has 122 valence electrons. The van der Waals surface area contributed by atoms with Crippen LogP contribution in [0.1, 0.15) is 5.56 Å². The van der Waals surface area contributed by atoms with E-state index in [4.69, 9.17) is 4.74 Å². The number of amides is 1. The SMILES string of the molecule is COc1ccc(S(=O)(=O)CC(=O)NCc2ccc(F)cc2)cc1. The molecule has 1 amide bonds. The van der Waals surface area contributed by atoms with Crippen LogP contribution in [0.5, 0.6) is 5.75 Å². The average Bonchev–Trinajstić information content (AvgIpc) is 2.54. The lowest BCUT2D eigenvalue weighted by molar-refractivity contribution is -0.118. The number of methoxy groups -OCH3 is 1. The molecule has 0 bridgehead atoms. The molecule has 0 radical (unpaired) electrons. The van der Waals surface area contributed by atoms with Gasteiger partial charge in [-0.15, -0.1) is 0 Å². The highest BCUT2D eigenvalue weighted by atomic mass is 32.2. The van der Waals surface area contributed by atoms with Gasteiger partial charge in [0.25, 0.3) is 0 Å². The van der Waals surface area contributed by atoms with E-state index in [1.807, 2.05) is 0 Å². The number of ether oxygens (including phenoxy) is 1. The van der Waals surface area contributed by atoms with E-state index >= 15 is 0 Å². The van der Waals surface area contributed by atoms with Gasteiger partial charge in [-0.25, -0.2) is 12.8 Å². The number of hydrogen-bond donors (Lipinski definition) is 1. The van der Waals surface area contributed by atoms with Crippen LogP contribution in [-0.2, 0) is 21.2 Å². The fourth-order valence-electron chi connectivity index (χ4n) is 1.89. The number of nitrogens with one attached hydrogen (secondary N) is 1. The number of sulfone groups is 1. The van der Waals surface area contributed by atoms with Crippen LogP contribution < -0.4 is 10.1 Å². The molecule has 1 N–H and O–H groups in total. The fourth-order valence-corrected chi connectivity index (χ4v) is 3.06. The molecule has 0 aliphatic carbocycles. The minimum Gasteiger partial charge on any atom is -0.497 e. The summed E-state index contributed by atoms with van der Waals surface area (Å²) in [5.74, 6) is -1.11. The van der Waals surface area contributed by atoms with E-state index in [1.54, 1.807) is 0 Å². The first-order valence-electron chi connectivity index (χ1n) is 6.79. The predicted molar refractivity (Wildman–Crippen MR) is 83.3 cm³/mol. The van der Waals surface area contributed by atoms with Crippen LogP contribution in [0.4, 0.5) is 4.39 Å². The zero-order valence-electron chi connectivity index (χ0n) is 12.5. The van der Waals surface area contributed by atoms with Gasteiger partial charge in [0.15, 0.2) is 9.84 Å². The second-order valence-electron chi connectivity index (χ2n) is 4.84. The molecule has 0 unspecified atom stereocenters. The number of halogens is 1. The molecule has 2 aromatic rings. The zero-order valence-corrected chi connectivity index (χ0v) is 13.3. The van der Waals surface area contributed by atoms with Crippen LogP contribution in [0.15, 0.2) is 53.4 Å². The molecule has 5 nitrogen and oxygen atoms in total. The molecule has 0 saturated heterocycles. The van der Waals surface area contributed by atoms with Crippen molar-refractivity contribution in [3.05, 3.63) is 59.9 Å². The maximum Gasteiger partial charge on any atom is 0.235 e. The summed E-state index contributed by atoms with van der Waals surface area (Å²) in [7, 11) is -2.24. The van der Waals surface area contributed by atoms with Crippen LogP contribution >= 0.6 is 0 Å². The Balaban J connectivity index is 1.96. The van der Waals surface area contributed by atoms with Crippen LogP contribution in [-0.4, -0.2) is 27.2 Å². The largest absolute Gasteiger partial charge is 0.497 e. The predicted octanol–water partition coefficient (Wildman–Crippen LogP) is 1.92. The molecule has 0 aromatic heterocycles. The van der Waals surface area contributed by atoms with Gasteiger partial charge in [-0.2, -0.15) is 0 Å². The van der Waals surface area contributed by atoms with Crippen LogP contribution in [0.2, 0.25) is 0 Å². The van der Waals surface area contributed by atoms with Crippen molar-refractivity contribution in [1.82, 2.24) is 5.32 Å². The highest BCUT2D eigenvalue weighted by Gasteiger charge is 2.19. The highest BCUT2D eigenvalue weighted by Crippen LogP contribution is 2.16. The first kappa shape index (κ1) is 17.0. The summed E-state index contributed by atoms with van der Waals surface area (Å²) in [6.45, 7) is 0.136. The number of benzene rings is 2. The molecule has 23 heavy (non-hydrogen) atoms. The highest BCUT2D eigenvalue weighted by molar-refractivity contribution is 7.92. The van der Waals surface area contributed by atoms with Crippen molar-refractivity contribution < 1.29 is 22.3 Å². The molecule has 0 aliphatic rings. The van der Waals surface area contributed by atoms with Gasteiger partial charge in [0.2, 0.25) is 5.91 Å². The average molecular weight is 337 g/mol. The smallest absolute Gasteiger partial charge is 0.235 e. The van der Waals surface area contributed by atoms with Gasteiger partial charge in [-0.1, -0.05) is 12.1 Å². The van der Waals surface area contributed by atoms with E-state index in [0.29, 0.717) is 11.3 Å². The number of carbonyl (C=O) groups is 1. The summed E-state index contributed by atoms with van der Waals surface area (Å²) in [6, 6.07) is 11.4. The first-order valence-corrected chi connectivity index (χ1v) is 8.44. The summed E-state index contributed by atoms with van der Waals surface area (Å²) in [4.78, 5) is 11.9. The van der Waals surface area contributed by atoms with E-state index < -0.39 is 21.5 Å². The third-order valence-electron chi connectivity index (χ3n) is 3.14. The van der Waals surface area contributed by atoms with Gasteiger partial charge in [0, 0.05) is 6.54 Å². The molecule has 7 heteroatoms. The number of carbonyl (C=O) groups excluding carboxylic acids is 1. The second-order valence-corrected chi connectivity index (χ2v) is 6.83. The lowest BCUT2D eigenvalue weighted by Crippen LogP contribution is -2.29. The normalized spacial score (nSPS) is 11.0. The van der Waals surface area contributed by atoms with Crippen molar-refractivity contribution >= 4 is 15.7 Å². The van der Waals surface area contributed by atoms with Crippen LogP contribution in [0.3, 0.4) is 0 Å². The zero-order chi connectivity index (χ0) is 16.9. The monoisotopic (exact) mass is 337 g/mol. The molecule has 0 atom stereocenters. The summed E-state index contributed by atoms with van der Waals surface area (Å²) in [6.07, 6.45) is 0. The number of hydrogen-bond acceptors (Lipinski definition) is 4. The standard InChI is InChI=1S/C16H16FNO4S/c1-22-14-6-8-15(9-7-14)23(20,21)11-16(19)18-10-12-2-4-13(17)5-3-12/h2-9H,10-11H2,1H3,(H,18,19). The third-order valence-corrected chi connectivity index (χ3v) is 4.78. The van der Waals surface area contributed by atoms with Gasteiger partial charge in [-0.3, -0.25) is 4.79 Å². The number of rotatable bonds is 6. The first-order chi connectivity index (χ1) is 10.9. The van der Waals surface area contributed by atoms with E-state index in [0.717, 1.165) is 0 Å². The van der Waals surface area contributed by atoms with Gasteiger partial charge in [0.1, 0.15) is 17.3 Å². The van der Waals surface area contributed by atoms with Crippen molar-refractivity contribution in [1.29, 1.82) is 0 Å². The summed E-state index contributed by atoms with van der Waals surface area (Å²) < 4.78 is 42.0. The maximum absolute atomic E-state index is 12.8. The van der Waals surface area contributed by atoms with E-state index in [9.17, 15) is 17.6 Å². The lowest BCUT2D eigenvalue weighted by atomic mass is 10.2. The molecule has 0 spiro atoms. The van der Waals surface area contributed by atoms with Crippen molar-refractivity contribution in [2.75, 3.05) is 12.9 Å². The van der Waals surface area contributed by atoms with E-state index in [1.165, 1.54) is 55.6 Å². The van der Waals surface area contributed by atoms with Crippen molar-refractivity contribution in [3.8, 4) is 5.75 Å². The topological polar surface area (TPSA) is 72.5 Å². The minimum atomic E-state index is -3.72. The third kappa shape index (κ3) is 4.79. The van der Waals surface area contributed by atoms with Crippen molar-refractivity contribution in [2.45, 2.75) is 11.4 Å². The van der Waals surface area contributed by atoms with Crippen LogP contribution in [0, 0.1) is 5.82 Å². The molecule has 2 aromatic carbocycles. The Kier molecular flexibility index (Phi) is 5.33. The molecule has 0 saturated carbocycles. The summed E-state index contributed by atoms with van der Waals surface area (Å²) in [5, 5.41) is 2.50. The van der Waals surface area contributed by atoms with Gasteiger partial charge in [0.05, 0.1) is 12.0 Å². The van der Waals surface area contributed by atoms with Gasteiger partial charge in [-0.05, 0) is 42.0 Å². The molecule has 0 fully saturated rings. The van der Waals surface area contributed by atoms with Gasteiger partial charge >= 0.3 is 0 Å². The Morgan fingerprint density at radius 1 is 1.09 bits per heavy atom. The van der Waals surface area contributed by atoms with Gasteiger partial charge < -0.3 is 10.1 Å². The Morgan fingerprint density at radius 2 is 1.70 bits per heavy atom. The summed E-state index contributed by atoms with van der Waals surface area (Å²) in [5.41, 5.74) is 0.682. The fraction of sp³-hybridized carbons (Fsp3) is 0.188. The maximum atomic E-state index is 12.8. The van der Waals surface area contributed by atoms with Crippen molar-refractivity contribution in [2.24, 2.45) is 0 Å². The Hall–Kier alpha value is -2.41. The molecule has 0 aliphatic heterocycles. The Morgan fingerprint density at radius 3 is 2.26 bits per heavy atom. The summed E-state index contributed by atoms with van der Waals surface area (Å²) >= 11 is 0. The second kappa shape index (κ2) is 7.23. The Labute approximate surface area is 134 Å². The minimum absolute atomic E-state index is 0.0511. The molecule has 0 heterocycles. The Bertz CT molecular complexity index is 771.